The highest BCUT2D eigenvalue weighted by Gasteiger charge is 2.44. The first kappa shape index (κ1) is 15.0. The smallest absolute Gasteiger partial charge is 0.118 e. The average molecular weight is 346 g/mol. The molecule has 0 spiro atoms. The van der Waals surface area contributed by atoms with Crippen molar-refractivity contribution in [2.75, 3.05) is 0 Å². The number of allylic oxidation sites excluding steroid dienone is 2. The fourth-order valence-electron chi connectivity index (χ4n) is 2.26. The maximum absolute atomic E-state index is 6.44. The Morgan fingerprint density at radius 2 is 2.37 bits per heavy atom. The monoisotopic (exact) mass is 344 g/mol. The molecule has 2 fully saturated rings. The van der Waals surface area contributed by atoms with E-state index in [2.05, 4.69) is 28.8 Å². The molecule has 0 bridgehead atoms. The molecule has 0 aromatic heterocycles. The summed E-state index contributed by atoms with van der Waals surface area (Å²) in [5.74, 6) is 3.46. The third-order valence-electron chi connectivity index (χ3n) is 3.42. The molecule has 2 rings (SSSR count). The summed E-state index contributed by atoms with van der Waals surface area (Å²) >= 11 is 10.0. The van der Waals surface area contributed by atoms with E-state index >= 15 is 0 Å². The lowest BCUT2D eigenvalue weighted by Gasteiger charge is -2.26. The van der Waals surface area contributed by atoms with Gasteiger partial charge in [0.05, 0.1) is 17.6 Å². The van der Waals surface area contributed by atoms with Crippen LogP contribution in [0.3, 0.4) is 0 Å². The van der Waals surface area contributed by atoms with E-state index < -0.39 is 0 Å². The van der Waals surface area contributed by atoms with E-state index in [1.807, 2.05) is 6.08 Å². The largest absolute Gasteiger partial charge is 0.492 e. The average Bonchev–Trinajstić information content (AvgIpc) is 3.11. The first-order chi connectivity index (χ1) is 9.15. The zero-order valence-electron chi connectivity index (χ0n) is 10.9. The summed E-state index contributed by atoms with van der Waals surface area (Å²) in [7, 11) is 0. The van der Waals surface area contributed by atoms with Gasteiger partial charge in [0.25, 0.3) is 0 Å². The fraction of sp³-hybridized carbons (Fsp3) is 0.600. The van der Waals surface area contributed by atoms with Gasteiger partial charge in [-0.1, -0.05) is 34.9 Å². The molecule has 0 N–H and O–H groups in total. The fourth-order valence-corrected chi connectivity index (χ4v) is 2.85. The van der Waals surface area contributed by atoms with Crippen molar-refractivity contribution in [3.63, 3.8) is 0 Å². The van der Waals surface area contributed by atoms with Crippen LogP contribution in [0.25, 0.3) is 0 Å². The Balaban J connectivity index is 2.11. The molecule has 2 nitrogen and oxygen atoms in total. The molecule has 2 aliphatic heterocycles. The topological polar surface area (TPSA) is 21.8 Å². The number of rotatable bonds is 3. The molecule has 4 heteroatoms. The van der Waals surface area contributed by atoms with Gasteiger partial charge in [-0.05, 0) is 18.9 Å². The molecular weight excluding hydrogens is 328 g/mol. The molecule has 104 valence electrons. The maximum atomic E-state index is 6.44. The van der Waals surface area contributed by atoms with Gasteiger partial charge in [0, 0.05) is 17.3 Å². The number of ether oxygens (including phenoxy) is 2. The summed E-state index contributed by atoms with van der Waals surface area (Å²) in [4.78, 5) is 0. The highest BCUT2D eigenvalue weighted by atomic mass is 79.9. The Labute approximate surface area is 128 Å². The van der Waals surface area contributed by atoms with Gasteiger partial charge in [-0.3, -0.25) is 0 Å². The van der Waals surface area contributed by atoms with Crippen LogP contribution in [0.4, 0.5) is 0 Å². The van der Waals surface area contributed by atoms with Gasteiger partial charge in [-0.25, -0.2) is 0 Å². The van der Waals surface area contributed by atoms with Gasteiger partial charge < -0.3 is 9.47 Å². The lowest BCUT2D eigenvalue weighted by molar-refractivity contribution is 0.0992. The Kier molecular flexibility index (Phi) is 5.38. The van der Waals surface area contributed by atoms with Crippen molar-refractivity contribution in [2.24, 2.45) is 0 Å². The van der Waals surface area contributed by atoms with Crippen molar-refractivity contribution in [1.29, 1.82) is 0 Å². The molecule has 2 aliphatic rings. The molecule has 0 amide bonds. The Hall–Kier alpha value is -0.430. The van der Waals surface area contributed by atoms with E-state index in [1.54, 1.807) is 6.08 Å². The minimum atomic E-state index is -0.0510. The van der Waals surface area contributed by atoms with Crippen molar-refractivity contribution in [3.05, 3.63) is 22.4 Å². The number of fused-ring (bicyclic) bond motifs is 1. The summed E-state index contributed by atoms with van der Waals surface area (Å²) in [5, 5.41) is -0.0510. The van der Waals surface area contributed by atoms with Gasteiger partial charge in [0.2, 0.25) is 0 Å². The third-order valence-corrected chi connectivity index (χ3v) is 4.89. The van der Waals surface area contributed by atoms with Crippen LogP contribution in [0.1, 0.15) is 32.6 Å². The first-order valence-electron chi connectivity index (χ1n) is 6.60. The Bertz CT molecular complexity index is 424. The molecule has 0 aromatic rings. The molecular formula is C15H18BrClO2. The number of halogens is 2. The quantitative estimate of drug-likeness (QED) is 0.436. The van der Waals surface area contributed by atoms with E-state index in [0.29, 0.717) is 0 Å². The number of alkyl halides is 1. The summed E-state index contributed by atoms with van der Waals surface area (Å²) in [6, 6.07) is 0. The van der Waals surface area contributed by atoms with E-state index in [9.17, 15) is 0 Å². The standard InChI is InChI=1S/C15H18BrClO2/c1-3-5-6-7-12-11(17)8-14-15(19-14)9-13(18-12)10(16)4-2/h1,5-6,11-12,14-15H,4,7-9H2,2H3/b6-5+,13-10-/t11-,12-,14+,15-/m0/s1. The van der Waals surface area contributed by atoms with Crippen molar-refractivity contribution in [1.82, 2.24) is 0 Å². The van der Waals surface area contributed by atoms with E-state index in [1.165, 1.54) is 0 Å². The van der Waals surface area contributed by atoms with Crippen molar-refractivity contribution in [2.45, 2.75) is 56.3 Å². The number of epoxide rings is 1. The van der Waals surface area contributed by atoms with Crippen LogP contribution >= 0.6 is 27.5 Å². The molecule has 4 atom stereocenters. The minimum Gasteiger partial charge on any atom is -0.492 e. The van der Waals surface area contributed by atoms with Gasteiger partial charge in [-0.15, -0.1) is 18.0 Å². The summed E-state index contributed by atoms with van der Waals surface area (Å²) in [6.45, 7) is 2.09. The SMILES string of the molecule is C#C/C=C/C[C@@H]1O/C(=C(\Br)CC)C[C@@H]2O[C@@H]2C[C@@H]1Cl. The van der Waals surface area contributed by atoms with Crippen LogP contribution in [0, 0.1) is 12.3 Å². The second-order valence-electron chi connectivity index (χ2n) is 4.81. The molecule has 0 unspecified atom stereocenters. The van der Waals surface area contributed by atoms with Crippen LogP contribution in [0.5, 0.6) is 0 Å². The highest BCUT2D eigenvalue weighted by molar-refractivity contribution is 9.11. The van der Waals surface area contributed by atoms with Crippen molar-refractivity contribution >= 4 is 27.5 Å². The second-order valence-corrected chi connectivity index (χ2v) is 6.33. The van der Waals surface area contributed by atoms with Crippen LogP contribution in [-0.4, -0.2) is 23.7 Å². The molecule has 0 aromatic carbocycles. The predicted octanol–water partition coefficient (Wildman–Crippen LogP) is 4.14. The maximum Gasteiger partial charge on any atom is 0.118 e. The molecule has 2 heterocycles. The molecule has 0 radical (unpaired) electrons. The zero-order valence-corrected chi connectivity index (χ0v) is 13.3. The number of terminal acetylenes is 1. The van der Waals surface area contributed by atoms with E-state index in [0.717, 1.165) is 35.9 Å². The van der Waals surface area contributed by atoms with Gasteiger partial charge >= 0.3 is 0 Å². The van der Waals surface area contributed by atoms with Gasteiger partial charge in [0.1, 0.15) is 11.9 Å². The number of hydrogen-bond acceptors (Lipinski definition) is 2. The second kappa shape index (κ2) is 6.83. The van der Waals surface area contributed by atoms with E-state index in [4.69, 9.17) is 27.5 Å². The zero-order chi connectivity index (χ0) is 13.8. The van der Waals surface area contributed by atoms with Gasteiger partial charge in [-0.2, -0.15) is 0 Å². The summed E-state index contributed by atoms with van der Waals surface area (Å²) in [6.07, 6.45) is 12.7. The van der Waals surface area contributed by atoms with Crippen LogP contribution in [0.2, 0.25) is 0 Å². The number of hydrogen-bond donors (Lipinski definition) is 0. The summed E-state index contributed by atoms with van der Waals surface area (Å²) < 4.78 is 12.8. The lowest BCUT2D eigenvalue weighted by atomic mass is 10.0. The Morgan fingerprint density at radius 3 is 3.05 bits per heavy atom. The van der Waals surface area contributed by atoms with Crippen molar-refractivity contribution < 1.29 is 9.47 Å². The van der Waals surface area contributed by atoms with E-state index in [-0.39, 0.29) is 23.7 Å². The highest BCUT2D eigenvalue weighted by Crippen LogP contribution is 2.40. The molecule has 2 saturated heterocycles. The lowest BCUT2D eigenvalue weighted by Crippen LogP contribution is -2.28. The third kappa shape index (κ3) is 4.02. The van der Waals surface area contributed by atoms with Gasteiger partial charge in [0.15, 0.2) is 0 Å². The summed E-state index contributed by atoms with van der Waals surface area (Å²) in [5.41, 5.74) is 0. The first-order valence-corrected chi connectivity index (χ1v) is 7.83. The normalized spacial score (nSPS) is 36.7. The Morgan fingerprint density at radius 1 is 1.58 bits per heavy atom. The van der Waals surface area contributed by atoms with Crippen LogP contribution in [0.15, 0.2) is 22.4 Å². The van der Waals surface area contributed by atoms with Crippen LogP contribution < -0.4 is 0 Å². The molecule has 0 saturated carbocycles. The van der Waals surface area contributed by atoms with Crippen molar-refractivity contribution in [3.8, 4) is 12.3 Å². The predicted molar refractivity (Wildman–Crippen MR) is 81.2 cm³/mol. The molecule has 19 heavy (non-hydrogen) atoms. The molecule has 0 aliphatic carbocycles. The minimum absolute atomic E-state index is 0.0504. The van der Waals surface area contributed by atoms with Crippen LogP contribution in [-0.2, 0) is 9.47 Å².